The topological polar surface area (TPSA) is 141 Å². The van der Waals surface area contributed by atoms with Crippen molar-refractivity contribution in [3.63, 3.8) is 0 Å². The summed E-state index contributed by atoms with van der Waals surface area (Å²) in [4.78, 5) is 26.2. The largest absolute Gasteiger partial charge is 0.724 e. The minimum atomic E-state index is -5.05. The van der Waals surface area contributed by atoms with E-state index in [-0.39, 0.29) is 12.5 Å². The number of aromatic nitrogens is 2. The maximum atomic E-state index is 12.2. The monoisotopic (exact) mass is 444 g/mol. The molecule has 1 aromatic heterocycles. The summed E-state index contributed by atoms with van der Waals surface area (Å²) in [5.74, 6) is 0.0295. The second kappa shape index (κ2) is 10.0. The second-order valence-corrected chi connectivity index (χ2v) is 7.75. The number of nitrogens with one attached hydrogen (secondary N) is 2. The Labute approximate surface area is 176 Å². The van der Waals surface area contributed by atoms with Crippen LogP contribution in [-0.2, 0) is 19.5 Å². The Bertz CT molecular complexity index is 876. The molecule has 0 spiro atoms. The first-order chi connectivity index (χ1) is 14.1. The van der Waals surface area contributed by atoms with E-state index in [9.17, 15) is 22.6 Å². The summed E-state index contributed by atoms with van der Waals surface area (Å²) in [5.41, 5.74) is 0. The van der Waals surface area contributed by atoms with Crippen molar-refractivity contribution in [2.75, 3.05) is 31.5 Å². The number of nitrogens with zero attached hydrogens (tertiary/aromatic N) is 4. The van der Waals surface area contributed by atoms with Gasteiger partial charge in [-0.3, -0.25) is 9.69 Å². The number of anilines is 1. The van der Waals surface area contributed by atoms with Gasteiger partial charge in [0.1, 0.15) is 6.17 Å². The van der Waals surface area contributed by atoms with Crippen LogP contribution >= 0.6 is 0 Å². The van der Waals surface area contributed by atoms with Crippen molar-refractivity contribution < 1.29 is 31.7 Å². The summed E-state index contributed by atoms with van der Waals surface area (Å²) in [6.45, 7) is 12.0. The van der Waals surface area contributed by atoms with Crippen LogP contribution in [0.25, 0.3) is 0 Å². The molecule has 2 aliphatic heterocycles. The summed E-state index contributed by atoms with van der Waals surface area (Å²) in [5, 5.41) is 7.15. The van der Waals surface area contributed by atoms with Gasteiger partial charge in [0, 0.05) is 19.2 Å². The molecular formula is C17H28N6O6S. The van der Waals surface area contributed by atoms with Gasteiger partial charge in [0.05, 0.1) is 32.2 Å². The van der Waals surface area contributed by atoms with E-state index in [1.807, 2.05) is 0 Å². The van der Waals surface area contributed by atoms with Crippen molar-refractivity contribution in [3.8, 4) is 0 Å². The average Bonchev–Trinajstić information content (AvgIpc) is 3.22. The molecule has 0 radical (unpaired) electrons. The Hall–Kier alpha value is -2.48. The molecule has 12 nitrogen and oxygen atoms in total. The standard InChI is InChI=1S/C11H13N5O6S.C6H15N/c1-7(17)12-9-4-5-15(13-9)10-3-2-8-6-14(10)11(18)16(8)22-23(19,20)21;1-4-7(5-2)6-3/h2-5,8,10H,6H2,1H3,(H,12,13,17)(H,19,20,21);4-6H2,1-3H3. The number of hydroxylamine groups is 2. The summed E-state index contributed by atoms with van der Waals surface area (Å²) in [7, 11) is -5.05. The lowest BCUT2D eigenvalue weighted by molar-refractivity contribution is -0.894. The van der Waals surface area contributed by atoms with Gasteiger partial charge in [-0.25, -0.2) is 17.9 Å². The van der Waals surface area contributed by atoms with Gasteiger partial charge in [0.2, 0.25) is 16.3 Å². The summed E-state index contributed by atoms with van der Waals surface area (Å²) < 4.78 is 37.7. The smallest absolute Gasteiger partial charge is 0.347 e. The number of carbonyl (C=O) groups excluding carboxylic acids is 2. The van der Waals surface area contributed by atoms with Crippen LogP contribution in [0.3, 0.4) is 0 Å². The maximum absolute atomic E-state index is 12.2. The summed E-state index contributed by atoms with van der Waals surface area (Å²) in [6, 6.07) is 0.118. The van der Waals surface area contributed by atoms with Gasteiger partial charge in [0.15, 0.2) is 5.82 Å². The number of rotatable bonds is 7. The lowest BCUT2D eigenvalue weighted by atomic mass is 10.2. The molecular weight excluding hydrogens is 416 g/mol. The molecule has 3 amide bonds. The van der Waals surface area contributed by atoms with E-state index in [1.54, 1.807) is 29.3 Å². The number of urea groups is 1. The summed E-state index contributed by atoms with van der Waals surface area (Å²) >= 11 is 0. The maximum Gasteiger partial charge on any atom is 0.347 e. The molecule has 1 saturated heterocycles. The predicted octanol–water partition coefficient (Wildman–Crippen LogP) is -0.661. The third-order valence-corrected chi connectivity index (χ3v) is 5.14. The van der Waals surface area contributed by atoms with Gasteiger partial charge in [-0.15, -0.1) is 0 Å². The van der Waals surface area contributed by atoms with Crippen molar-refractivity contribution in [2.45, 2.75) is 39.9 Å². The molecule has 2 N–H and O–H groups in total. The lowest BCUT2D eigenvalue weighted by Crippen LogP contribution is -3.11. The third-order valence-electron chi connectivity index (χ3n) is 4.80. The lowest BCUT2D eigenvalue weighted by Gasteiger charge is -2.26. The van der Waals surface area contributed by atoms with Gasteiger partial charge < -0.3 is 14.8 Å². The van der Waals surface area contributed by atoms with Gasteiger partial charge in [-0.05, 0) is 26.8 Å². The second-order valence-electron chi connectivity index (χ2n) is 6.78. The molecule has 2 unspecified atom stereocenters. The molecule has 168 valence electrons. The molecule has 3 rings (SSSR count). The molecule has 0 aromatic carbocycles. The Morgan fingerprint density at radius 2 is 1.93 bits per heavy atom. The molecule has 0 saturated carbocycles. The van der Waals surface area contributed by atoms with E-state index in [1.165, 1.54) is 36.1 Å². The first-order valence-corrected chi connectivity index (χ1v) is 11.0. The number of amides is 3. The van der Waals surface area contributed by atoms with E-state index >= 15 is 0 Å². The van der Waals surface area contributed by atoms with Gasteiger partial charge in [0.25, 0.3) is 0 Å². The molecule has 2 aliphatic rings. The Kier molecular flexibility index (Phi) is 7.95. The quantitative estimate of drug-likeness (QED) is 0.323. The first-order valence-electron chi connectivity index (χ1n) is 9.69. The van der Waals surface area contributed by atoms with Crippen molar-refractivity contribution in [1.82, 2.24) is 19.7 Å². The van der Waals surface area contributed by atoms with Crippen LogP contribution in [-0.4, -0.2) is 76.9 Å². The van der Waals surface area contributed by atoms with Gasteiger partial charge in [-0.2, -0.15) is 14.4 Å². The zero-order valence-electron chi connectivity index (χ0n) is 17.4. The Morgan fingerprint density at radius 1 is 1.30 bits per heavy atom. The van der Waals surface area contributed by atoms with E-state index in [0.717, 1.165) is 0 Å². The van der Waals surface area contributed by atoms with Crippen LogP contribution in [0.5, 0.6) is 0 Å². The van der Waals surface area contributed by atoms with Crippen molar-refractivity contribution in [3.05, 3.63) is 24.4 Å². The molecule has 1 aromatic rings. The normalized spacial score (nSPS) is 20.4. The number of hydrogen-bond acceptors (Lipinski definition) is 7. The number of hydrogen-bond donors (Lipinski definition) is 2. The highest BCUT2D eigenvalue weighted by molar-refractivity contribution is 7.80. The van der Waals surface area contributed by atoms with Crippen molar-refractivity contribution >= 4 is 28.2 Å². The van der Waals surface area contributed by atoms with E-state index < -0.39 is 28.6 Å². The van der Waals surface area contributed by atoms with E-state index in [0.29, 0.717) is 10.9 Å². The molecule has 3 heterocycles. The first kappa shape index (κ1) is 23.8. The number of quaternary nitrogens is 1. The van der Waals surface area contributed by atoms with E-state index in [4.69, 9.17) is 0 Å². The van der Waals surface area contributed by atoms with Gasteiger partial charge in [-0.1, -0.05) is 6.08 Å². The van der Waals surface area contributed by atoms with Crippen molar-refractivity contribution in [2.24, 2.45) is 0 Å². The van der Waals surface area contributed by atoms with Crippen LogP contribution in [0.4, 0.5) is 10.6 Å². The average molecular weight is 445 g/mol. The SMILES string of the molecule is CC(=O)Nc1ccn(C2C=CC3CN2C(=O)N3OS(=O)(=O)[O-])n1.CC[NH+](CC)CC. The van der Waals surface area contributed by atoms with Crippen LogP contribution in [0.2, 0.25) is 0 Å². The highest BCUT2D eigenvalue weighted by Gasteiger charge is 2.44. The summed E-state index contributed by atoms with van der Waals surface area (Å²) in [6.07, 6.45) is 4.11. The minimum Gasteiger partial charge on any atom is -0.724 e. The van der Waals surface area contributed by atoms with E-state index in [2.05, 4.69) is 35.5 Å². The fraction of sp³-hybridized carbons (Fsp3) is 0.588. The van der Waals surface area contributed by atoms with Crippen LogP contribution in [0.15, 0.2) is 24.4 Å². The number of fused-ring (bicyclic) bond motifs is 2. The van der Waals surface area contributed by atoms with Gasteiger partial charge >= 0.3 is 6.03 Å². The molecule has 30 heavy (non-hydrogen) atoms. The Morgan fingerprint density at radius 3 is 2.43 bits per heavy atom. The minimum absolute atomic E-state index is 0.144. The van der Waals surface area contributed by atoms with Crippen LogP contribution < -0.4 is 10.2 Å². The molecule has 2 bridgehead atoms. The molecule has 0 aliphatic carbocycles. The third kappa shape index (κ3) is 6.01. The zero-order valence-corrected chi connectivity index (χ0v) is 18.3. The highest BCUT2D eigenvalue weighted by Crippen LogP contribution is 2.31. The van der Waals surface area contributed by atoms with Crippen molar-refractivity contribution in [1.29, 1.82) is 0 Å². The molecule has 2 atom stereocenters. The predicted molar refractivity (Wildman–Crippen MR) is 106 cm³/mol. The highest BCUT2D eigenvalue weighted by atomic mass is 32.3. The zero-order chi connectivity index (χ0) is 22.5. The Balaban J connectivity index is 0.000000396. The van der Waals surface area contributed by atoms with Crippen LogP contribution in [0, 0.1) is 0 Å². The van der Waals surface area contributed by atoms with Crippen LogP contribution in [0.1, 0.15) is 33.9 Å². The molecule has 1 fully saturated rings. The fourth-order valence-corrected chi connectivity index (χ4v) is 3.58. The molecule has 13 heteroatoms. The fourth-order valence-electron chi connectivity index (χ4n) is 3.21. The number of carbonyl (C=O) groups is 2.